The number of nitrogens with zero attached hydrogens (tertiary/aromatic N) is 6. The summed E-state index contributed by atoms with van der Waals surface area (Å²) in [6.45, 7) is -0.580. The fraction of sp³-hybridized carbons (Fsp3) is 0.333. The first-order chi connectivity index (χ1) is 14.5. The molecule has 0 bridgehead atoms. The van der Waals surface area contributed by atoms with E-state index >= 15 is 0 Å². The van der Waals surface area contributed by atoms with Crippen molar-refractivity contribution in [1.29, 1.82) is 0 Å². The normalized spacial score (nSPS) is 18.4. The van der Waals surface area contributed by atoms with Crippen molar-refractivity contribution >= 4 is 24.0 Å². The van der Waals surface area contributed by atoms with Gasteiger partial charge < -0.3 is 5.73 Å². The van der Waals surface area contributed by atoms with Gasteiger partial charge in [0.1, 0.15) is 24.3 Å². The Morgan fingerprint density at radius 2 is 2.00 bits per heavy atom. The van der Waals surface area contributed by atoms with E-state index in [1.54, 1.807) is 0 Å². The van der Waals surface area contributed by atoms with Crippen molar-refractivity contribution in [3.05, 3.63) is 35.5 Å². The summed E-state index contributed by atoms with van der Waals surface area (Å²) in [5.74, 6) is -1.64. The minimum Gasteiger partial charge on any atom is -0.368 e. The molecule has 0 aromatic carbocycles. The largest absolute Gasteiger partial charge is 0.433 e. The molecule has 1 aliphatic carbocycles. The number of amides is 4. The molecule has 2 aromatic rings. The van der Waals surface area contributed by atoms with Crippen LogP contribution in [-0.2, 0) is 15.8 Å². The fourth-order valence-corrected chi connectivity index (χ4v) is 3.10. The SMILES string of the molecule is CN1C(=O)N(CC(N)=O)C(=O)C1=Cn1cnc(-c2cc(C3CC3)nc(C(F)(F)F)c2)n1. The fourth-order valence-electron chi connectivity index (χ4n) is 3.10. The van der Waals surface area contributed by atoms with Gasteiger partial charge in [-0.05, 0) is 25.0 Å². The summed E-state index contributed by atoms with van der Waals surface area (Å²) < 4.78 is 40.8. The first-order valence-corrected chi connectivity index (χ1v) is 9.15. The molecular formula is C18H16F3N7O3. The molecule has 2 N–H and O–H groups in total. The van der Waals surface area contributed by atoms with Crippen LogP contribution in [0.5, 0.6) is 0 Å². The molecule has 13 heteroatoms. The van der Waals surface area contributed by atoms with E-state index in [9.17, 15) is 27.6 Å². The maximum absolute atomic E-state index is 13.2. The summed E-state index contributed by atoms with van der Waals surface area (Å²) in [4.78, 5) is 45.0. The van der Waals surface area contributed by atoms with E-state index < -0.39 is 36.3 Å². The Hall–Kier alpha value is -3.77. The number of carbonyl (C=O) groups excluding carboxylic acids is 3. The molecule has 162 valence electrons. The molecule has 0 spiro atoms. The number of rotatable bonds is 5. The summed E-state index contributed by atoms with van der Waals surface area (Å²) in [6, 6.07) is 1.64. The van der Waals surface area contributed by atoms with Gasteiger partial charge in [0, 0.05) is 24.2 Å². The average molecular weight is 435 g/mol. The van der Waals surface area contributed by atoms with Gasteiger partial charge in [0.05, 0.1) is 6.20 Å². The Morgan fingerprint density at radius 3 is 2.61 bits per heavy atom. The number of hydrogen-bond acceptors (Lipinski definition) is 6. The van der Waals surface area contributed by atoms with Crippen molar-refractivity contribution in [1.82, 2.24) is 29.5 Å². The number of urea groups is 1. The van der Waals surface area contributed by atoms with E-state index in [0.29, 0.717) is 10.6 Å². The van der Waals surface area contributed by atoms with Crippen LogP contribution < -0.4 is 5.73 Å². The Balaban J connectivity index is 1.66. The minimum atomic E-state index is -4.62. The van der Waals surface area contributed by atoms with Crippen molar-refractivity contribution in [3.8, 4) is 11.4 Å². The molecule has 3 heterocycles. The number of nitrogens with two attached hydrogens (primary N) is 1. The van der Waals surface area contributed by atoms with Gasteiger partial charge in [-0.1, -0.05) is 0 Å². The van der Waals surface area contributed by atoms with Gasteiger partial charge in [-0.25, -0.2) is 24.3 Å². The number of pyridine rings is 1. The molecule has 31 heavy (non-hydrogen) atoms. The highest BCUT2D eigenvalue weighted by Crippen LogP contribution is 2.41. The lowest BCUT2D eigenvalue weighted by Gasteiger charge is -2.10. The van der Waals surface area contributed by atoms with Crippen LogP contribution in [-0.4, -0.2) is 61.0 Å². The number of aromatic nitrogens is 4. The second kappa shape index (κ2) is 7.18. The molecule has 1 aliphatic heterocycles. The Bertz CT molecular complexity index is 1120. The molecule has 1 saturated carbocycles. The topological polar surface area (TPSA) is 127 Å². The maximum atomic E-state index is 13.2. The average Bonchev–Trinajstić information content (AvgIpc) is 3.42. The van der Waals surface area contributed by atoms with Gasteiger partial charge in [-0.3, -0.25) is 14.5 Å². The summed E-state index contributed by atoms with van der Waals surface area (Å²) in [5.41, 5.74) is 4.39. The maximum Gasteiger partial charge on any atom is 0.433 e. The number of halogens is 3. The molecule has 0 radical (unpaired) electrons. The van der Waals surface area contributed by atoms with Crippen LogP contribution in [0.15, 0.2) is 24.2 Å². The second-order valence-electron chi connectivity index (χ2n) is 7.20. The summed E-state index contributed by atoms with van der Waals surface area (Å²) in [5, 5.41) is 4.10. The molecule has 0 atom stereocenters. The lowest BCUT2D eigenvalue weighted by molar-refractivity contribution is -0.141. The summed E-state index contributed by atoms with van der Waals surface area (Å²) in [7, 11) is 1.32. The van der Waals surface area contributed by atoms with Crippen molar-refractivity contribution in [2.45, 2.75) is 24.9 Å². The van der Waals surface area contributed by atoms with Crippen LogP contribution in [0.4, 0.5) is 18.0 Å². The minimum absolute atomic E-state index is 0.0000626. The van der Waals surface area contributed by atoms with Crippen LogP contribution in [0.25, 0.3) is 17.6 Å². The number of primary amides is 1. The second-order valence-corrected chi connectivity index (χ2v) is 7.20. The third-order valence-electron chi connectivity index (χ3n) is 4.81. The predicted octanol–water partition coefficient (Wildman–Crippen LogP) is 1.41. The van der Waals surface area contributed by atoms with Gasteiger partial charge >= 0.3 is 12.2 Å². The Labute approximate surface area is 173 Å². The molecular weight excluding hydrogens is 419 g/mol. The van der Waals surface area contributed by atoms with Crippen LogP contribution in [0, 0.1) is 0 Å². The van der Waals surface area contributed by atoms with Crippen molar-refractivity contribution in [2.24, 2.45) is 5.73 Å². The first-order valence-electron chi connectivity index (χ1n) is 9.15. The molecule has 10 nitrogen and oxygen atoms in total. The highest BCUT2D eigenvalue weighted by atomic mass is 19.4. The number of likely N-dealkylation sites (N-methyl/N-ethyl adjacent to an activating group) is 1. The van der Waals surface area contributed by atoms with E-state index in [1.807, 2.05) is 0 Å². The van der Waals surface area contributed by atoms with Gasteiger partial charge in [0.2, 0.25) is 5.91 Å². The van der Waals surface area contributed by atoms with Gasteiger partial charge in [-0.2, -0.15) is 13.2 Å². The molecule has 1 saturated heterocycles. The standard InChI is InChI=1S/C18H16F3N7O3/c1-26-12(16(30)28(17(26)31)7-14(22)29)6-27-8-23-15(25-27)10-4-11(9-2-3-9)24-13(5-10)18(19,20)21/h4-6,8-9H,2-3,7H2,1H3,(H2,22,29). The first kappa shape index (κ1) is 20.5. The zero-order valence-corrected chi connectivity index (χ0v) is 16.1. The lowest BCUT2D eigenvalue weighted by Crippen LogP contribution is -2.38. The van der Waals surface area contributed by atoms with E-state index in [-0.39, 0.29) is 23.0 Å². The molecule has 2 aliphatic rings. The van der Waals surface area contributed by atoms with Gasteiger partial charge in [0.25, 0.3) is 5.91 Å². The smallest absolute Gasteiger partial charge is 0.368 e. The molecule has 2 aromatic heterocycles. The molecule has 4 amide bonds. The Kier molecular flexibility index (Phi) is 4.75. The van der Waals surface area contributed by atoms with Crippen LogP contribution in [0.2, 0.25) is 0 Å². The van der Waals surface area contributed by atoms with Gasteiger partial charge in [0.15, 0.2) is 5.82 Å². The monoisotopic (exact) mass is 435 g/mol. The zero-order valence-electron chi connectivity index (χ0n) is 16.1. The summed E-state index contributed by atoms with van der Waals surface area (Å²) >= 11 is 0. The number of imide groups is 1. The third-order valence-corrected chi connectivity index (χ3v) is 4.81. The number of carbonyl (C=O) groups is 3. The molecule has 2 fully saturated rings. The van der Waals surface area contributed by atoms with Crippen LogP contribution in [0.3, 0.4) is 0 Å². The van der Waals surface area contributed by atoms with Crippen molar-refractivity contribution in [3.63, 3.8) is 0 Å². The number of hydrogen-bond donors (Lipinski definition) is 1. The third kappa shape index (κ3) is 3.98. The van der Waals surface area contributed by atoms with Crippen molar-refractivity contribution in [2.75, 3.05) is 13.6 Å². The van der Waals surface area contributed by atoms with E-state index in [4.69, 9.17) is 5.73 Å². The highest BCUT2D eigenvalue weighted by Gasteiger charge is 2.40. The molecule has 4 rings (SSSR count). The van der Waals surface area contributed by atoms with E-state index in [2.05, 4.69) is 15.1 Å². The number of alkyl halides is 3. The van der Waals surface area contributed by atoms with Gasteiger partial charge in [-0.15, -0.1) is 5.10 Å². The Morgan fingerprint density at radius 1 is 1.29 bits per heavy atom. The lowest BCUT2D eigenvalue weighted by atomic mass is 10.1. The van der Waals surface area contributed by atoms with E-state index in [1.165, 1.54) is 25.6 Å². The summed E-state index contributed by atoms with van der Waals surface area (Å²) in [6.07, 6.45) is -0.702. The highest BCUT2D eigenvalue weighted by molar-refractivity contribution is 6.14. The van der Waals surface area contributed by atoms with Crippen molar-refractivity contribution < 1.29 is 27.6 Å². The predicted molar refractivity (Wildman–Crippen MR) is 98.6 cm³/mol. The molecule has 0 unspecified atom stereocenters. The zero-order chi connectivity index (χ0) is 22.5. The van der Waals surface area contributed by atoms with Crippen LogP contribution in [0.1, 0.15) is 30.1 Å². The quantitative estimate of drug-likeness (QED) is 0.559. The van der Waals surface area contributed by atoms with E-state index in [0.717, 1.165) is 28.5 Å². The van der Waals surface area contributed by atoms with Crippen LogP contribution >= 0.6 is 0 Å².